The molecule has 0 bridgehead atoms. The number of ether oxygens (including phenoxy) is 3. The fourth-order valence-corrected chi connectivity index (χ4v) is 12.5. The van der Waals surface area contributed by atoms with Crippen LogP contribution >= 0.6 is 0 Å². The molecule has 0 radical (unpaired) electrons. The Bertz CT molecular complexity index is 1120. The van der Waals surface area contributed by atoms with Crippen LogP contribution in [-0.4, -0.2) is 59.9 Å². The third kappa shape index (κ3) is 3.77. The number of carbonyl (C=O) groups excluding carboxylic acids is 2. The smallest absolute Gasteiger partial charge is 0.407 e. The monoisotopic (exact) mass is 589 g/mol. The lowest BCUT2D eigenvalue weighted by atomic mass is 9.43. The standard InChI is InChI=1S/C33H55N3O6/c1-8-36-28(39)42-24(17(2)3)19-15-18(4)23-25(40-19)26(37)33(35)21-10-9-20-29(5,6)22(41-27(34)38)11-12-31(20)16-32(21,31)14-13-30(23,33)7/h17-26,37H,8-16,35H2,1-7H3,(H2,34,38)(H,36,39)/t18-,19?,20+,21?,22+,23+,24-,25?,26+,30-,31-,32?,33+/m1/s1. The first kappa shape index (κ1) is 30.4. The number of rotatable bonds is 5. The van der Waals surface area contributed by atoms with Gasteiger partial charge in [-0.15, -0.1) is 0 Å². The molecular formula is C33H55N3O6. The van der Waals surface area contributed by atoms with Crippen molar-refractivity contribution in [3.8, 4) is 0 Å². The van der Waals surface area contributed by atoms with Crippen LogP contribution in [0.2, 0.25) is 0 Å². The van der Waals surface area contributed by atoms with E-state index in [2.05, 4.69) is 46.9 Å². The number of primary amides is 1. The number of hydrogen-bond acceptors (Lipinski definition) is 7. The number of nitrogens with two attached hydrogens (primary N) is 2. The first-order valence-corrected chi connectivity index (χ1v) is 16.6. The van der Waals surface area contributed by atoms with Crippen LogP contribution in [-0.2, 0) is 14.2 Å². The Morgan fingerprint density at radius 2 is 1.74 bits per heavy atom. The SMILES string of the molecule is CCNC(=O)O[C@H](C(C)C)C1C[C@@H](C)[C@H]2C(O1)[C@H](O)[C@@]1(N)C3CC[C@H]4C(C)(C)[C@@H](OC(N)=O)CC[C@@]45CC35CC[C@]21C. The molecule has 9 heteroatoms. The quantitative estimate of drug-likeness (QED) is 0.363. The second-order valence-corrected chi connectivity index (χ2v) is 16.3. The van der Waals surface area contributed by atoms with Crippen molar-refractivity contribution >= 4 is 12.2 Å². The molecule has 2 spiro atoms. The van der Waals surface area contributed by atoms with E-state index in [1.807, 2.05) is 6.92 Å². The predicted molar refractivity (Wildman–Crippen MR) is 158 cm³/mol. The van der Waals surface area contributed by atoms with E-state index in [4.69, 9.17) is 25.7 Å². The molecule has 5 saturated carbocycles. The van der Waals surface area contributed by atoms with Gasteiger partial charge in [0.25, 0.3) is 0 Å². The highest BCUT2D eigenvalue weighted by molar-refractivity contribution is 5.67. The second kappa shape index (κ2) is 9.71. The number of nitrogens with one attached hydrogen (secondary N) is 1. The third-order valence-electron chi connectivity index (χ3n) is 14.1. The van der Waals surface area contributed by atoms with E-state index in [0.29, 0.717) is 12.5 Å². The van der Waals surface area contributed by atoms with E-state index in [0.717, 1.165) is 51.4 Å². The van der Waals surface area contributed by atoms with Crippen molar-refractivity contribution < 1.29 is 28.9 Å². The Morgan fingerprint density at radius 1 is 1.07 bits per heavy atom. The van der Waals surface area contributed by atoms with Gasteiger partial charge in [-0.1, -0.05) is 41.5 Å². The highest BCUT2D eigenvalue weighted by atomic mass is 16.6. The van der Waals surface area contributed by atoms with Gasteiger partial charge in [0, 0.05) is 12.0 Å². The Hall–Kier alpha value is -1.58. The van der Waals surface area contributed by atoms with Crippen LogP contribution in [0.25, 0.3) is 0 Å². The maximum absolute atomic E-state index is 12.4. The van der Waals surface area contributed by atoms with E-state index in [9.17, 15) is 14.7 Å². The van der Waals surface area contributed by atoms with Crippen molar-refractivity contribution in [3.63, 3.8) is 0 Å². The van der Waals surface area contributed by atoms with Gasteiger partial charge in [-0.25, -0.2) is 9.59 Å². The van der Waals surface area contributed by atoms with Gasteiger partial charge in [0.1, 0.15) is 12.2 Å². The Balaban J connectivity index is 1.29. The normalized spacial score (nSPS) is 50.7. The second-order valence-electron chi connectivity index (χ2n) is 16.3. The maximum atomic E-state index is 12.4. The van der Waals surface area contributed by atoms with Crippen LogP contribution in [0, 0.1) is 51.2 Å². The van der Waals surface area contributed by atoms with Crippen LogP contribution in [0.1, 0.15) is 99.8 Å². The summed E-state index contributed by atoms with van der Waals surface area (Å²) in [5.41, 5.74) is 12.3. The molecule has 0 aromatic heterocycles. The number of hydrogen-bond donors (Lipinski definition) is 4. The molecule has 6 N–H and O–H groups in total. The van der Waals surface area contributed by atoms with E-state index in [1.165, 1.54) is 0 Å². The highest BCUT2D eigenvalue weighted by Crippen LogP contribution is 2.87. The van der Waals surface area contributed by atoms with E-state index >= 15 is 0 Å². The lowest BCUT2D eigenvalue weighted by Crippen LogP contribution is -2.70. The van der Waals surface area contributed by atoms with Crippen LogP contribution in [0.4, 0.5) is 9.59 Å². The predicted octanol–water partition coefficient (Wildman–Crippen LogP) is 4.73. The summed E-state index contributed by atoms with van der Waals surface area (Å²) >= 11 is 0. The van der Waals surface area contributed by atoms with Crippen molar-refractivity contribution in [1.29, 1.82) is 0 Å². The molecule has 4 unspecified atom stereocenters. The molecule has 1 aliphatic heterocycles. The summed E-state index contributed by atoms with van der Waals surface area (Å²) in [6, 6.07) is 0. The van der Waals surface area contributed by atoms with Crippen LogP contribution in [0.3, 0.4) is 0 Å². The van der Waals surface area contributed by atoms with Crippen molar-refractivity contribution in [2.75, 3.05) is 6.54 Å². The summed E-state index contributed by atoms with van der Waals surface area (Å²) in [6.07, 6.45) is 4.74. The minimum atomic E-state index is -0.783. The Labute approximate surface area is 251 Å². The highest BCUT2D eigenvalue weighted by Gasteiger charge is 2.85. The van der Waals surface area contributed by atoms with Crippen molar-refractivity contribution in [2.24, 2.45) is 62.7 Å². The molecule has 0 aromatic rings. The zero-order valence-corrected chi connectivity index (χ0v) is 26.8. The van der Waals surface area contributed by atoms with Gasteiger partial charge in [-0.05, 0) is 104 Å². The molecular weight excluding hydrogens is 534 g/mol. The maximum Gasteiger partial charge on any atom is 0.407 e. The van der Waals surface area contributed by atoms with Gasteiger partial charge in [-0.2, -0.15) is 0 Å². The third-order valence-corrected chi connectivity index (χ3v) is 14.1. The van der Waals surface area contributed by atoms with Gasteiger partial charge >= 0.3 is 12.2 Å². The number of carbonyl (C=O) groups is 2. The molecule has 6 fully saturated rings. The summed E-state index contributed by atoms with van der Waals surface area (Å²) in [5.74, 6) is 1.15. The molecule has 238 valence electrons. The van der Waals surface area contributed by atoms with Gasteiger partial charge in [0.15, 0.2) is 0 Å². The average Bonchev–Trinajstić information content (AvgIpc) is 3.53. The van der Waals surface area contributed by atoms with Gasteiger partial charge < -0.3 is 36.1 Å². The lowest BCUT2D eigenvalue weighted by Gasteiger charge is -2.63. The number of amides is 2. The zero-order valence-electron chi connectivity index (χ0n) is 26.8. The molecule has 6 aliphatic rings. The molecule has 6 rings (SSSR count). The van der Waals surface area contributed by atoms with E-state index in [1.54, 1.807) is 0 Å². The molecule has 9 nitrogen and oxygen atoms in total. The van der Waals surface area contributed by atoms with Crippen LogP contribution in [0.15, 0.2) is 0 Å². The fourth-order valence-electron chi connectivity index (χ4n) is 12.5. The Morgan fingerprint density at radius 3 is 2.38 bits per heavy atom. The topological polar surface area (TPSA) is 146 Å². The molecule has 1 heterocycles. The minimum Gasteiger partial charge on any atom is -0.446 e. The summed E-state index contributed by atoms with van der Waals surface area (Å²) < 4.78 is 18.4. The molecule has 1 saturated heterocycles. The number of aliphatic hydroxyl groups excluding tert-OH is 1. The molecule has 42 heavy (non-hydrogen) atoms. The van der Waals surface area contributed by atoms with Gasteiger partial charge in [0.2, 0.25) is 0 Å². The van der Waals surface area contributed by atoms with Gasteiger partial charge in [-0.3, -0.25) is 0 Å². The van der Waals surface area contributed by atoms with E-state index < -0.39 is 29.9 Å². The zero-order chi connectivity index (χ0) is 30.6. The van der Waals surface area contributed by atoms with Crippen molar-refractivity contribution in [3.05, 3.63) is 0 Å². The summed E-state index contributed by atoms with van der Waals surface area (Å²) in [6.45, 7) is 15.6. The van der Waals surface area contributed by atoms with Gasteiger partial charge in [0.05, 0.1) is 23.9 Å². The van der Waals surface area contributed by atoms with Crippen LogP contribution in [0.5, 0.6) is 0 Å². The number of fused-ring (bicyclic) bond motifs is 4. The fraction of sp³-hybridized carbons (Fsp3) is 0.939. The largest absolute Gasteiger partial charge is 0.446 e. The first-order chi connectivity index (χ1) is 19.6. The van der Waals surface area contributed by atoms with E-state index in [-0.39, 0.29) is 63.6 Å². The summed E-state index contributed by atoms with van der Waals surface area (Å²) in [5, 5.41) is 15.1. The Kier molecular flexibility index (Phi) is 7.04. The minimum absolute atomic E-state index is 0.0755. The molecule has 5 aliphatic carbocycles. The molecule has 13 atom stereocenters. The average molecular weight is 590 g/mol. The first-order valence-electron chi connectivity index (χ1n) is 16.6. The lowest BCUT2D eigenvalue weighted by molar-refractivity contribution is -0.178. The molecule has 0 aromatic carbocycles. The van der Waals surface area contributed by atoms with Crippen molar-refractivity contribution in [1.82, 2.24) is 5.32 Å². The number of aliphatic hydroxyl groups is 1. The van der Waals surface area contributed by atoms with Crippen LogP contribution < -0.4 is 16.8 Å². The summed E-state index contributed by atoms with van der Waals surface area (Å²) in [7, 11) is 0. The summed E-state index contributed by atoms with van der Waals surface area (Å²) in [4.78, 5) is 24.1. The number of alkyl carbamates (subject to hydrolysis) is 1. The molecule has 2 amide bonds. The van der Waals surface area contributed by atoms with Crippen molar-refractivity contribution in [2.45, 2.75) is 136 Å².